The Morgan fingerprint density at radius 2 is 2.15 bits per heavy atom. The third-order valence-corrected chi connectivity index (χ3v) is 9.37. The van der Waals surface area contributed by atoms with Gasteiger partial charge in [-0.05, 0) is 37.1 Å². The van der Waals surface area contributed by atoms with Crippen LogP contribution in [0.2, 0.25) is 5.02 Å². The van der Waals surface area contributed by atoms with Gasteiger partial charge in [-0.2, -0.15) is 14.7 Å². The summed E-state index contributed by atoms with van der Waals surface area (Å²) in [6, 6.07) is 8.39. The average molecular weight is 522 g/mol. The van der Waals surface area contributed by atoms with Gasteiger partial charge in [0.15, 0.2) is 0 Å². The molecule has 3 aliphatic rings. The molecule has 2 unspecified atom stereocenters. The number of fused-ring (bicyclic) bond motifs is 2. The second-order valence-electron chi connectivity index (χ2n) is 8.45. The fourth-order valence-corrected chi connectivity index (χ4v) is 7.22. The molecule has 180 valence electrons. The molecule has 0 spiro atoms. The molecule has 13 heteroatoms. The van der Waals surface area contributed by atoms with Crippen LogP contribution in [0.5, 0.6) is 0 Å². The van der Waals surface area contributed by atoms with Crippen molar-refractivity contribution in [3.8, 4) is 6.07 Å². The summed E-state index contributed by atoms with van der Waals surface area (Å²) < 4.78 is 28.2. The molecule has 2 saturated heterocycles. The quantitative estimate of drug-likeness (QED) is 0.637. The number of H-pyrrole nitrogens is 1. The number of hydrogen-bond donors (Lipinski definition) is 2. The Kier molecular flexibility index (Phi) is 6.47. The summed E-state index contributed by atoms with van der Waals surface area (Å²) >= 11 is 7.64. The highest BCUT2D eigenvalue weighted by atomic mass is 35.5. The molecule has 2 aromatic rings. The molecule has 0 aliphatic carbocycles. The van der Waals surface area contributed by atoms with Gasteiger partial charge in [-0.1, -0.05) is 23.4 Å². The predicted molar refractivity (Wildman–Crippen MR) is 131 cm³/mol. The van der Waals surface area contributed by atoms with Crippen molar-refractivity contribution in [3.05, 3.63) is 29.3 Å². The number of nitriles is 1. The van der Waals surface area contributed by atoms with Crippen LogP contribution in [0.4, 0.5) is 4.79 Å². The van der Waals surface area contributed by atoms with Crippen LogP contribution in [0.15, 0.2) is 34.4 Å². The lowest BCUT2D eigenvalue weighted by molar-refractivity contribution is 0.0969. The topological polar surface area (TPSA) is 125 Å². The normalized spacial score (nSPS) is 23.6. The first-order valence-electron chi connectivity index (χ1n) is 11.0. The van der Waals surface area contributed by atoms with E-state index in [0.717, 1.165) is 17.3 Å². The van der Waals surface area contributed by atoms with Gasteiger partial charge >= 0.3 is 6.03 Å². The maximum atomic E-state index is 13.4. The molecule has 2 atom stereocenters. The van der Waals surface area contributed by atoms with E-state index in [4.69, 9.17) is 16.9 Å². The number of aromatic amines is 1. The van der Waals surface area contributed by atoms with Crippen molar-refractivity contribution in [2.24, 2.45) is 5.10 Å². The number of sulfonamides is 1. The molecular formula is C21H24ClN7O3S2. The zero-order valence-electron chi connectivity index (χ0n) is 18.3. The SMILES string of the molecule is N#CCCC1CN(S(=O)(=O)c2cc3cc(Cl)ccc3[nH]2)CCN1C(=O)N1CCC2NCSC2=N1. The monoisotopic (exact) mass is 521 g/mol. The van der Waals surface area contributed by atoms with Gasteiger partial charge in [0.25, 0.3) is 10.0 Å². The second-order valence-corrected chi connectivity index (χ2v) is 11.8. The highest BCUT2D eigenvalue weighted by Gasteiger charge is 2.39. The Bertz CT molecular complexity index is 1290. The van der Waals surface area contributed by atoms with Crippen LogP contribution < -0.4 is 5.32 Å². The number of nitrogens with one attached hydrogen (secondary N) is 2. The smallest absolute Gasteiger partial charge is 0.340 e. The summed E-state index contributed by atoms with van der Waals surface area (Å²) in [5, 5.41) is 20.7. The van der Waals surface area contributed by atoms with Gasteiger partial charge in [0.1, 0.15) is 10.1 Å². The van der Waals surface area contributed by atoms with Gasteiger partial charge in [0, 0.05) is 60.4 Å². The maximum absolute atomic E-state index is 13.4. The number of hydrogen-bond acceptors (Lipinski definition) is 7. The lowest BCUT2D eigenvalue weighted by Gasteiger charge is -2.42. The Hall–Kier alpha value is -2.30. The lowest BCUT2D eigenvalue weighted by Crippen LogP contribution is -2.59. The summed E-state index contributed by atoms with van der Waals surface area (Å²) in [4.78, 5) is 18.0. The van der Waals surface area contributed by atoms with Gasteiger partial charge in [0.05, 0.1) is 12.1 Å². The average Bonchev–Trinajstić information content (AvgIpc) is 3.48. The van der Waals surface area contributed by atoms with Crippen LogP contribution in [-0.4, -0.2) is 82.8 Å². The zero-order valence-corrected chi connectivity index (χ0v) is 20.7. The molecule has 34 heavy (non-hydrogen) atoms. The molecule has 2 amide bonds. The highest BCUT2D eigenvalue weighted by Crippen LogP contribution is 2.28. The van der Waals surface area contributed by atoms with E-state index in [1.54, 1.807) is 40.9 Å². The molecule has 4 heterocycles. The molecule has 10 nitrogen and oxygen atoms in total. The number of piperazine rings is 1. The van der Waals surface area contributed by atoms with Crippen LogP contribution in [0.1, 0.15) is 19.3 Å². The molecule has 1 aromatic carbocycles. The Morgan fingerprint density at radius 3 is 2.97 bits per heavy atom. The number of rotatable bonds is 4. The van der Waals surface area contributed by atoms with Crippen LogP contribution in [0.3, 0.4) is 0 Å². The lowest BCUT2D eigenvalue weighted by atomic mass is 10.1. The predicted octanol–water partition coefficient (Wildman–Crippen LogP) is 2.60. The van der Waals surface area contributed by atoms with E-state index in [2.05, 4.69) is 21.5 Å². The van der Waals surface area contributed by atoms with Crippen LogP contribution in [-0.2, 0) is 10.0 Å². The number of hydrazone groups is 1. The number of thioether (sulfide) groups is 1. The fraction of sp³-hybridized carbons (Fsp3) is 0.476. The molecule has 5 rings (SSSR count). The van der Waals surface area contributed by atoms with E-state index in [0.29, 0.717) is 28.9 Å². The molecule has 0 radical (unpaired) electrons. The van der Waals surface area contributed by atoms with Crippen molar-refractivity contribution in [2.75, 3.05) is 32.1 Å². The Morgan fingerprint density at radius 1 is 1.29 bits per heavy atom. The van der Waals surface area contributed by atoms with Crippen LogP contribution in [0.25, 0.3) is 10.9 Å². The number of nitrogens with zero attached hydrogens (tertiary/aromatic N) is 5. The first-order chi connectivity index (χ1) is 16.4. The Balaban J connectivity index is 1.36. The van der Waals surface area contributed by atoms with Crippen molar-refractivity contribution in [1.82, 2.24) is 24.5 Å². The number of urea groups is 1. The van der Waals surface area contributed by atoms with E-state index in [1.165, 1.54) is 9.31 Å². The third kappa shape index (κ3) is 4.38. The largest absolute Gasteiger partial charge is 0.345 e. The first kappa shape index (κ1) is 23.4. The van der Waals surface area contributed by atoms with E-state index >= 15 is 0 Å². The molecule has 0 bridgehead atoms. The number of aromatic nitrogens is 1. The van der Waals surface area contributed by atoms with E-state index < -0.39 is 16.1 Å². The van der Waals surface area contributed by atoms with Crippen molar-refractivity contribution < 1.29 is 13.2 Å². The minimum atomic E-state index is -3.82. The molecule has 3 aliphatic heterocycles. The molecule has 2 fully saturated rings. The van der Waals surface area contributed by atoms with E-state index in [-0.39, 0.29) is 43.2 Å². The minimum Gasteiger partial charge on any atom is -0.345 e. The van der Waals surface area contributed by atoms with Crippen molar-refractivity contribution in [3.63, 3.8) is 0 Å². The number of benzene rings is 1. The van der Waals surface area contributed by atoms with Gasteiger partial charge in [-0.25, -0.2) is 18.2 Å². The summed E-state index contributed by atoms with van der Waals surface area (Å²) in [6.45, 7) is 1.02. The van der Waals surface area contributed by atoms with Gasteiger partial charge in [-0.3, -0.25) is 5.32 Å². The van der Waals surface area contributed by atoms with Gasteiger partial charge in [0.2, 0.25) is 0 Å². The Labute approximate surface area is 206 Å². The number of halogens is 1. The summed E-state index contributed by atoms with van der Waals surface area (Å²) in [5.74, 6) is 0.785. The van der Waals surface area contributed by atoms with E-state index in [9.17, 15) is 13.2 Å². The minimum absolute atomic E-state index is 0.0859. The molecule has 0 saturated carbocycles. The van der Waals surface area contributed by atoms with Gasteiger partial charge < -0.3 is 9.88 Å². The van der Waals surface area contributed by atoms with E-state index in [1.807, 2.05) is 0 Å². The van der Waals surface area contributed by atoms with Crippen LogP contribution in [0, 0.1) is 11.3 Å². The maximum Gasteiger partial charge on any atom is 0.340 e. The fourth-order valence-electron chi connectivity index (χ4n) is 4.57. The number of amides is 2. The second kappa shape index (κ2) is 9.39. The summed E-state index contributed by atoms with van der Waals surface area (Å²) in [7, 11) is -3.82. The molecular weight excluding hydrogens is 498 g/mol. The third-order valence-electron chi connectivity index (χ3n) is 6.37. The van der Waals surface area contributed by atoms with Crippen LogP contribution >= 0.6 is 23.4 Å². The molecule has 1 aromatic heterocycles. The van der Waals surface area contributed by atoms with Crippen molar-refractivity contribution in [2.45, 2.75) is 36.4 Å². The zero-order chi connectivity index (χ0) is 23.9. The van der Waals surface area contributed by atoms with Gasteiger partial charge in [-0.15, -0.1) is 0 Å². The first-order valence-corrected chi connectivity index (χ1v) is 13.9. The standard InChI is InChI=1S/C21H24ClN7O3S2/c22-15-3-4-17-14(10-15)11-19(25-17)34(31,32)27-8-9-28(16(12-27)2-1-6-23)21(30)29-7-5-18-20(26-29)33-13-24-18/h3-4,10-11,16,18,24-25H,1-2,5,7-9,12-13H2. The summed E-state index contributed by atoms with van der Waals surface area (Å²) in [5.41, 5.74) is 0.680. The van der Waals surface area contributed by atoms with Crippen molar-refractivity contribution >= 4 is 55.4 Å². The number of carbonyl (C=O) groups excluding carboxylic acids is 1. The highest BCUT2D eigenvalue weighted by molar-refractivity contribution is 8.14. The number of carbonyl (C=O) groups is 1. The summed E-state index contributed by atoms with van der Waals surface area (Å²) in [6.07, 6.45) is 1.41. The molecule has 2 N–H and O–H groups in total. The van der Waals surface area contributed by atoms with Crippen molar-refractivity contribution in [1.29, 1.82) is 5.26 Å².